The average Bonchev–Trinajstić information content (AvgIpc) is 2.90. The van der Waals surface area contributed by atoms with Crippen LogP contribution in [0.5, 0.6) is 5.75 Å². The predicted octanol–water partition coefficient (Wildman–Crippen LogP) is 3.51. The Balaban J connectivity index is 1.92. The fourth-order valence-electron chi connectivity index (χ4n) is 2.38. The monoisotopic (exact) mass is 277 g/mol. The molecule has 3 aromatic rings. The molecule has 21 heavy (non-hydrogen) atoms. The van der Waals surface area contributed by atoms with Gasteiger partial charge in [-0.1, -0.05) is 18.2 Å². The maximum absolute atomic E-state index is 8.97. The van der Waals surface area contributed by atoms with Crippen LogP contribution in [0.3, 0.4) is 0 Å². The van der Waals surface area contributed by atoms with E-state index in [0.29, 0.717) is 12.2 Å². The normalized spacial score (nSPS) is 10.5. The standard InChI is InChI=1S/C17H15N3O/c1-2-20-16-9-8-13(11-18)10-15(16)19-17(20)12-21-14-6-4-3-5-7-14/h3-10H,2,12H2,1H3. The largest absolute Gasteiger partial charge is 0.486 e. The molecular weight excluding hydrogens is 262 g/mol. The summed E-state index contributed by atoms with van der Waals surface area (Å²) in [7, 11) is 0. The summed E-state index contributed by atoms with van der Waals surface area (Å²) in [6.45, 7) is 3.30. The molecule has 1 aromatic heterocycles. The minimum absolute atomic E-state index is 0.411. The molecule has 4 nitrogen and oxygen atoms in total. The predicted molar refractivity (Wildman–Crippen MR) is 80.9 cm³/mol. The summed E-state index contributed by atoms with van der Waals surface area (Å²) in [5.41, 5.74) is 2.49. The van der Waals surface area contributed by atoms with Crippen LogP contribution < -0.4 is 4.74 Å². The lowest BCUT2D eigenvalue weighted by Gasteiger charge is -2.08. The molecular formula is C17H15N3O. The second-order valence-corrected chi connectivity index (χ2v) is 4.69. The van der Waals surface area contributed by atoms with Gasteiger partial charge in [0.2, 0.25) is 0 Å². The maximum Gasteiger partial charge on any atom is 0.147 e. The number of fused-ring (bicyclic) bond motifs is 1. The second-order valence-electron chi connectivity index (χ2n) is 4.69. The van der Waals surface area contributed by atoms with Gasteiger partial charge in [-0.05, 0) is 37.3 Å². The van der Waals surface area contributed by atoms with Crippen LogP contribution in [0.2, 0.25) is 0 Å². The van der Waals surface area contributed by atoms with Gasteiger partial charge in [-0.2, -0.15) is 5.26 Å². The van der Waals surface area contributed by atoms with Crippen molar-refractivity contribution in [3.05, 3.63) is 59.9 Å². The molecule has 0 aliphatic heterocycles. The van der Waals surface area contributed by atoms with Crippen molar-refractivity contribution >= 4 is 11.0 Å². The quantitative estimate of drug-likeness (QED) is 0.733. The Morgan fingerprint density at radius 2 is 2.00 bits per heavy atom. The lowest BCUT2D eigenvalue weighted by atomic mass is 10.2. The third-order valence-electron chi connectivity index (χ3n) is 3.38. The van der Waals surface area contributed by atoms with Gasteiger partial charge >= 0.3 is 0 Å². The number of ether oxygens (including phenoxy) is 1. The van der Waals surface area contributed by atoms with Crippen LogP contribution in [0.4, 0.5) is 0 Å². The van der Waals surface area contributed by atoms with Gasteiger partial charge in [0.15, 0.2) is 0 Å². The first-order valence-corrected chi connectivity index (χ1v) is 6.89. The molecule has 0 atom stereocenters. The molecule has 1 heterocycles. The molecule has 0 saturated carbocycles. The van der Waals surface area contributed by atoms with E-state index >= 15 is 0 Å². The minimum atomic E-state index is 0.411. The Kier molecular flexibility index (Phi) is 3.57. The third kappa shape index (κ3) is 2.59. The summed E-state index contributed by atoms with van der Waals surface area (Å²) in [6.07, 6.45) is 0. The maximum atomic E-state index is 8.97. The van der Waals surface area contributed by atoms with Gasteiger partial charge in [0.25, 0.3) is 0 Å². The molecule has 0 radical (unpaired) electrons. The number of aryl methyl sites for hydroxylation is 1. The van der Waals surface area contributed by atoms with Gasteiger partial charge < -0.3 is 9.30 Å². The first kappa shape index (κ1) is 13.2. The molecule has 0 aliphatic carbocycles. The highest BCUT2D eigenvalue weighted by molar-refractivity contribution is 5.77. The van der Waals surface area contributed by atoms with Crippen molar-refractivity contribution in [1.29, 1.82) is 5.26 Å². The number of hydrogen-bond donors (Lipinski definition) is 0. The average molecular weight is 277 g/mol. The number of para-hydroxylation sites is 1. The van der Waals surface area contributed by atoms with Crippen LogP contribution in [-0.4, -0.2) is 9.55 Å². The molecule has 2 aromatic carbocycles. The van der Waals surface area contributed by atoms with E-state index in [9.17, 15) is 0 Å². The number of nitriles is 1. The Hall–Kier alpha value is -2.80. The Morgan fingerprint density at radius 3 is 2.71 bits per heavy atom. The van der Waals surface area contributed by atoms with Crippen molar-refractivity contribution in [2.24, 2.45) is 0 Å². The highest BCUT2D eigenvalue weighted by Gasteiger charge is 2.10. The highest BCUT2D eigenvalue weighted by Crippen LogP contribution is 2.19. The number of imidazole rings is 1. The van der Waals surface area contributed by atoms with Crippen molar-refractivity contribution in [1.82, 2.24) is 9.55 Å². The van der Waals surface area contributed by atoms with E-state index in [2.05, 4.69) is 22.5 Å². The number of aromatic nitrogens is 2. The van der Waals surface area contributed by atoms with E-state index in [-0.39, 0.29) is 0 Å². The Morgan fingerprint density at radius 1 is 1.19 bits per heavy atom. The van der Waals surface area contributed by atoms with Gasteiger partial charge in [-0.3, -0.25) is 0 Å². The van der Waals surface area contributed by atoms with Gasteiger partial charge in [-0.15, -0.1) is 0 Å². The molecule has 0 amide bonds. The summed E-state index contributed by atoms with van der Waals surface area (Å²) in [6, 6.07) is 17.4. The molecule has 0 saturated heterocycles. The lowest BCUT2D eigenvalue weighted by molar-refractivity contribution is 0.291. The summed E-state index contributed by atoms with van der Waals surface area (Å²) < 4.78 is 7.88. The van der Waals surface area contributed by atoms with E-state index in [0.717, 1.165) is 29.2 Å². The van der Waals surface area contributed by atoms with E-state index in [1.54, 1.807) is 0 Å². The third-order valence-corrected chi connectivity index (χ3v) is 3.38. The van der Waals surface area contributed by atoms with Gasteiger partial charge in [0.05, 0.1) is 22.7 Å². The second kappa shape index (κ2) is 5.68. The van der Waals surface area contributed by atoms with Crippen LogP contribution in [0.1, 0.15) is 18.3 Å². The molecule has 4 heteroatoms. The molecule has 0 bridgehead atoms. The zero-order chi connectivity index (χ0) is 14.7. The molecule has 0 aliphatic rings. The van der Waals surface area contributed by atoms with Crippen LogP contribution in [0.25, 0.3) is 11.0 Å². The van der Waals surface area contributed by atoms with E-state index in [4.69, 9.17) is 10.00 Å². The molecule has 3 rings (SSSR count). The molecule has 0 unspecified atom stereocenters. The Labute approximate surface area is 123 Å². The van der Waals surface area contributed by atoms with E-state index in [1.807, 2.05) is 48.5 Å². The van der Waals surface area contributed by atoms with Crippen molar-refractivity contribution in [2.75, 3.05) is 0 Å². The van der Waals surface area contributed by atoms with Crippen LogP contribution in [-0.2, 0) is 13.2 Å². The molecule has 0 spiro atoms. The van der Waals surface area contributed by atoms with Crippen molar-refractivity contribution in [3.8, 4) is 11.8 Å². The first-order valence-electron chi connectivity index (χ1n) is 6.89. The summed E-state index contributed by atoms with van der Waals surface area (Å²) in [5, 5.41) is 8.97. The highest BCUT2D eigenvalue weighted by atomic mass is 16.5. The summed E-state index contributed by atoms with van der Waals surface area (Å²) in [4.78, 5) is 4.59. The van der Waals surface area contributed by atoms with Crippen LogP contribution in [0, 0.1) is 11.3 Å². The number of nitrogens with zero attached hydrogens (tertiary/aromatic N) is 3. The molecule has 104 valence electrons. The van der Waals surface area contributed by atoms with Crippen LogP contribution in [0.15, 0.2) is 48.5 Å². The van der Waals surface area contributed by atoms with Crippen LogP contribution >= 0.6 is 0 Å². The Bertz CT molecular complexity index is 800. The topological polar surface area (TPSA) is 50.8 Å². The fraction of sp³-hybridized carbons (Fsp3) is 0.176. The van der Waals surface area contributed by atoms with E-state index in [1.165, 1.54) is 0 Å². The minimum Gasteiger partial charge on any atom is -0.486 e. The van der Waals surface area contributed by atoms with Crippen molar-refractivity contribution in [3.63, 3.8) is 0 Å². The summed E-state index contributed by atoms with van der Waals surface area (Å²) >= 11 is 0. The van der Waals surface area contributed by atoms with Gasteiger partial charge in [0.1, 0.15) is 18.2 Å². The lowest BCUT2D eigenvalue weighted by Crippen LogP contribution is -2.05. The van der Waals surface area contributed by atoms with Gasteiger partial charge in [-0.25, -0.2) is 4.98 Å². The molecule has 0 N–H and O–H groups in total. The number of rotatable bonds is 4. The molecule has 0 fully saturated rings. The summed E-state index contributed by atoms with van der Waals surface area (Å²) in [5.74, 6) is 1.69. The van der Waals surface area contributed by atoms with E-state index < -0.39 is 0 Å². The fourth-order valence-corrected chi connectivity index (χ4v) is 2.38. The number of hydrogen-bond acceptors (Lipinski definition) is 3. The zero-order valence-electron chi connectivity index (χ0n) is 11.8. The van der Waals surface area contributed by atoms with Gasteiger partial charge in [0, 0.05) is 6.54 Å². The first-order chi connectivity index (χ1) is 10.3. The number of benzene rings is 2. The van der Waals surface area contributed by atoms with Crippen molar-refractivity contribution < 1.29 is 4.74 Å². The SMILES string of the molecule is CCn1c(COc2ccccc2)nc2cc(C#N)ccc21. The smallest absolute Gasteiger partial charge is 0.147 e. The zero-order valence-corrected chi connectivity index (χ0v) is 11.8. The van der Waals surface area contributed by atoms with Crippen molar-refractivity contribution in [2.45, 2.75) is 20.1 Å².